The number of hydrogen-bond donors (Lipinski definition) is 2. The summed E-state index contributed by atoms with van der Waals surface area (Å²) in [5, 5.41) is 11.7. The van der Waals surface area contributed by atoms with Gasteiger partial charge in [0.25, 0.3) is 0 Å². The van der Waals surface area contributed by atoms with Gasteiger partial charge < -0.3 is 10.1 Å². The van der Waals surface area contributed by atoms with Crippen LogP contribution in [0.15, 0.2) is 54.6 Å². The van der Waals surface area contributed by atoms with E-state index in [1.165, 1.54) is 0 Å². The van der Waals surface area contributed by atoms with Crippen molar-refractivity contribution >= 4 is 27.8 Å². The van der Waals surface area contributed by atoms with Gasteiger partial charge in [-0.15, -0.1) is 0 Å². The first-order chi connectivity index (χ1) is 11.6. The Bertz CT molecular complexity index is 1070. The number of aromatic carboxylic acids is 1. The standard InChI is InChI=1S/C20H16N2O2/c1-12-18-17(14-9-5-6-10-16(14)22-18)15(19(21-12)20(23)24)11-13-7-3-2-4-8-13/h2-10,22H,11H2,1H3,(H,23,24). The first-order valence-electron chi connectivity index (χ1n) is 7.82. The van der Waals surface area contributed by atoms with Gasteiger partial charge in [-0.3, -0.25) is 0 Å². The molecule has 4 aromatic rings. The molecule has 2 heterocycles. The first-order valence-corrected chi connectivity index (χ1v) is 7.82. The number of carboxylic acid groups (broad SMARTS) is 1. The van der Waals surface area contributed by atoms with Crippen molar-refractivity contribution in [2.75, 3.05) is 0 Å². The van der Waals surface area contributed by atoms with Gasteiger partial charge in [0.05, 0.1) is 11.2 Å². The minimum Gasteiger partial charge on any atom is -0.477 e. The fraction of sp³-hybridized carbons (Fsp3) is 0.100. The van der Waals surface area contributed by atoms with Crippen LogP contribution in [0.1, 0.15) is 27.3 Å². The van der Waals surface area contributed by atoms with Crippen LogP contribution in [0.4, 0.5) is 0 Å². The summed E-state index contributed by atoms with van der Waals surface area (Å²) in [4.78, 5) is 19.5. The van der Waals surface area contributed by atoms with Gasteiger partial charge in [0.15, 0.2) is 5.69 Å². The van der Waals surface area contributed by atoms with Crippen LogP contribution in [0.25, 0.3) is 21.8 Å². The van der Waals surface area contributed by atoms with Crippen LogP contribution >= 0.6 is 0 Å². The fourth-order valence-electron chi connectivity index (χ4n) is 3.29. The number of benzene rings is 2. The van der Waals surface area contributed by atoms with Gasteiger partial charge in [0.2, 0.25) is 0 Å². The van der Waals surface area contributed by atoms with Gasteiger partial charge in [0, 0.05) is 22.7 Å². The highest BCUT2D eigenvalue weighted by molar-refractivity contribution is 6.11. The number of aromatic amines is 1. The van der Waals surface area contributed by atoms with Crippen LogP contribution < -0.4 is 0 Å². The molecule has 0 aliphatic carbocycles. The number of pyridine rings is 1. The van der Waals surface area contributed by atoms with E-state index in [2.05, 4.69) is 9.97 Å². The number of rotatable bonds is 3. The summed E-state index contributed by atoms with van der Waals surface area (Å²) in [5.74, 6) is -0.990. The number of aromatic nitrogens is 2. The fourth-order valence-corrected chi connectivity index (χ4v) is 3.29. The van der Waals surface area contributed by atoms with E-state index in [0.717, 1.165) is 32.9 Å². The Hall–Kier alpha value is -3.14. The number of nitrogens with zero attached hydrogens (tertiary/aromatic N) is 1. The van der Waals surface area contributed by atoms with Crippen molar-refractivity contribution in [3.63, 3.8) is 0 Å². The molecule has 2 aromatic heterocycles. The lowest BCUT2D eigenvalue weighted by Gasteiger charge is -2.10. The quantitative estimate of drug-likeness (QED) is 0.592. The van der Waals surface area contributed by atoms with Gasteiger partial charge in [-0.1, -0.05) is 48.5 Å². The molecule has 0 aliphatic heterocycles. The molecule has 0 bridgehead atoms. The second kappa shape index (κ2) is 5.49. The normalized spacial score (nSPS) is 11.2. The van der Waals surface area contributed by atoms with E-state index in [-0.39, 0.29) is 5.69 Å². The lowest BCUT2D eigenvalue weighted by molar-refractivity contribution is 0.0689. The number of hydrogen-bond acceptors (Lipinski definition) is 2. The third kappa shape index (κ3) is 2.24. The van der Waals surface area contributed by atoms with Crippen LogP contribution in [-0.2, 0) is 6.42 Å². The van der Waals surface area contributed by atoms with Crippen molar-refractivity contribution in [2.45, 2.75) is 13.3 Å². The monoisotopic (exact) mass is 316 g/mol. The van der Waals surface area contributed by atoms with Crippen LogP contribution in [0.2, 0.25) is 0 Å². The Morgan fingerprint density at radius 1 is 1.08 bits per heavy atom. The molecule has 0 aliphatic rings. The highest BCUT2D eigenvalue weighted by Crippen LogP contribution is 2.32. The van der Waals surface area contributed by atoms with Gasteiger partial charge in [-0.05, 0) is 24.1 Å². The molecule has 0 atom stereocenters. The number of carboxylic acids is 1. The average molecular weight is 316 g/mol. The van der Waals surface area contributed by atoms with Crippen LogP contribution in [0, 0.1) is 6.92 Å². The highest BCUT2D eigenvalue weighted by Gasteiger charge is 2.20. The van der Waals surface area contributed by atoms with Crippen molar-refractivity contribution in [3.8, 4) is 0 Å². The van der Waals surface area contributed by atoms with E-state index in [1.807, 2.05) is 61.5 Å². The molecular weight excluding hydrogens is 300 g/mol. The number of fused-ring (bicyclic) bond motifs is 3. The molecule has 0 unspecified atom stereocenters. The predicted molar refractivity (Wildman–Crippen MR) is 94.5 cm³/mol. The van der Waals surface area contributed by atoms with Gasteiger partial charge >= 0.3 is 5.97 Å². The van der Waals surface area contributed by atoms with Gasteiger partial charge in [0.1, 0.15) is 0 Å². The molecule has 2 N–H and O–H groups in total. The molecule has 0 radical (unpaired) electrons. The largest absolute Gasteiger partial charge is 0.477 e. The zero-order chi connectivity index (χ0) is 16.7. The molecule has 0 saturated heterocycles. The van der Waals surface area contributed by atoms with Crippen LogP contribution in [0.3, 0.4) is 0 Å². The average Bonchev–Trinajstić information content (AvgIpc) is 2.98. The predicted octanol–water partition coefficient (Wildman–Crippen LogP) is 4.31. The maximum absolute atomic E-state index is 11.8. The minimum atomic E-state index is -0.990. The summed E-state index contributed by atoms with van der Waals surface area (Å²) in [7, 11) is 0. The molecule has 0 spiro atoms. The summed E-state index contributed by atoms with van der Waals surface area (Å²) in [6.07, 6.45) is 0.536. The Labute approximate surface area is 138 Å². The molecule has 2 aromatic carbocycles. The molecule has 24 heavy (non-hydrogen) atoms. The highest BCUT2D eigenvalue weighted by atomic mass is 16.4. The van der Waals surface area contributed by atoms with Gasteiger partial charge in [-0.2, -0.15) is 0 Å². The maximum Gasteiger partial charge on any atom is 0.354 e. The first kappa shape index (κ1) is 14.5. The Morgan fingerprint density at radius 3 is 2.54 bits per heavy atom. The third-order valence-corrected chi connectivity index (χ3v) is 4.36. The van der Waals surface area contributed by atoms with Crippen molar-refractivity contribution in [3.05, 3.63) is 77.1 Å². The second-order valence-electron chi connectivity index (χ2n) is 5.91. The van der Waals surface area contributed by atoms with Crippen LogP contribution in [0.5, 0.6) is 0 Å². The number of nitrogens with one attached hydrogen (secondary N) is 1. The van der Waals surface area contributed by atoms with E-state index in [1.54, 1.807) is 0 Å². The zero-order valence-electron chi connectivity index (χ0n) is 13.2. The zero-order valence-corrected chi connectivity index (χ0v) is 13.2. The summed E-state index contributed by atoms with van der Waals surface area (Å²) < 4.78 is 0. The summed E-state index contributed by atoms with van der Waals surface area (Å²) >= 11 is 0. The van der Waals surface area contributed by atoms with Crippen LogP contribution in [-0.4, -0.2) is 21.0 Å². The Kier molecular flexibility index (Phi) is 3.31. The molecule has 118 valence electrons. The van der Waals surface area contributed by atoms with E-state index in [4.69, 9.17) is 0 Å². The van der Waals surface area contributed by atoms with E-state index in [9.17, 15) is 9.90 Å². The molecule has 0 amide bonds. The van der Waals surface area contributed by atoms with Gasteiger partial charge in [-0.25, -0.2) is 9.78 Å². The lowest BCUT2D eigenvalue weighted by Crippen LogP contribution is -2.08. The van der Waals surface area contributed by atoms with Crippen molar-refractivity contribution in [1.82, 2.24) is 9.97 Å². The molecular formula is C20H16N2O2. The lowest BCUT2D eigenvalue weighted by atomic mass is 9.97. The summed E-state index contributed by atoms with van der Waals surface area (Å²) in [6.45, 7) is 1.84. The van der Waals surface area contributed by atoms with E-state index in [0.29, 0.717) is 12.1 Å². The van der Waals surface area contributed by atoms with Crippen molar-refractivity contribution in [2.24, 2.45) is 0 Å². The van der Waals surface area contributed by atoms with E-state index >= 15 is 0 Å². The number of carbonyl (C=O) groups is 1. The third-order valence-electron chi connectivity index (χ3n) is 4.36. The second-order valence-corrected chi connectivity index (χ2v) is 5.91. The smallest absolute Gasteiger partial charge is 0.354 e. The number of aryl methyl sites for hydroxylation is 1. The number of para-hydroxylation sites is 1. The van der Waals surface area contributed by atoms with E-state index < -0.39 is 5.97 Å². The Balaban J connectivity index is 2.09. The minimum absolute atomic E-state index is 0.133. The SMILES string of the molecule is Cc1nc(C(=O)O)c(Cc2ccccc2)c2c1[nH]c1ccccc12. The van der Waals surface area contributed by atoms with Crippen molar-refractivity contribution < 1.29 is 9.90 Å². The topological polar surface area (TPSA) is 66.0 Å². The molecule has 4 nitrogen and oxygen atoms in total. The number of H-pyrrole nitrogens is 1. The Morgan fingerprint density at radius 2 is 1.79 bits per heavy atom. The maximum atomic E-state index is 11.8. The summed E-state index contributed by atoms with van der Waals surface area (Å²) in [5.41, 5.74) is 4.56. The molecule has 0 saturated carbocycles. The molecule has 4 rings (SSSR count). The molecule has 0 fully saturated rings. The molecule has 4 heteroatoms. The van der Waals surface area contributed by atoms with Crippen molar-refractivity contribution in [1.29, 1.82) is 0 Å². The summed E-state index contributed by atoms with van der Waals surface area (Å²) in [6, 6.07) is 17.9.